The van der Waals surface area contributed by atoms with Crippen molar-refractivity contribution in [2.24, 2.45) is 0 Å². The summed E-state index contributed by atoms with van der Waals surface area (Å²) >= 11 is 0. The number of anilines is 2. The Bertz CT molecular complexity index is 288. The van der Waals surface area contributed by atoms with Gasteiger partial charge in [-0.2, -0.15) is 0 Å². The van der Waals surface area contributed by atoms with Crippen LogP contribution in [0.15, 0.2) is 24.3 Å². The molecule has 2 rings (SSSR count). The molecule has 16 heavy (non-hydrogen) atoms. The molecule has 0 saturated carbocycles. The van der Waals surface area contributed by atoms with E-state index in [4.69, 9.17) is 5.73 Å². The molecule has 0 aromatic heterocycles. The molecule has 0 bridgehead atoms. The van der Waals surface area contributed by atoms with Crippen molar-refractivity contribution in [3.8, 4) is 0 Å². The maximum absolute atomic E-state index is 5.91. The number of nitrogen functional groups attached to an aromatic ring is 1. The Labute approximate surface area is 116 Å². The molecule has 1 aliphatic heterocycles. The van der Waals surface area contributed by atoms with Crippen LogP contribution in [0.4, 0.5) is 11.4 Å². The third-order valence-electron chi connectivity index (χ3n) is 2.63. The predicted molar refractivity (Wildman–Crippen MR) is 78.7 cm³/mol. The topological polar surface area (TPSA) is 29.3 Å². The van der Waals surface area contributed by atoms with Gasteiger partial charge in [-0.05, 0) is 31.4 Å². The number of hydrogen-bond donors (Lipinski definition) is 1. The van der Waals surface area contributed by atoms with E-state index in [0.29, 0.717) is 0 Å². The fraction of sp³-hybridized carbons (Fsp3) is 0.455. The van der Waals surface area contributed by atoms with Gasteiger partial charge in [-0.1, -0.05) is 12.1 Å². The maximum Gasteiger partial charge on any atom is 0.0599 e. The highest BCUT2D eigenvalue weighted by molar-refractivity contribution is 5.86. The second-order valence-electron chi connectivity index (χ2n) is 3.61. The third-order valence-corrected chi connectivity index (χ3v) is 2.63. The SMILES string of the molecule is Cl.Cl.Cl.Nc1ccccc1N1CCCCC1. The molecule has 1 saturated heterocycles. The van der Waals surface area contributed by atoms with Crippen molar-refractivity contribution in [1.82, 2.24) is 0 Å². The van der Waals surface area contributed by atoms with E-state index < -0.39 is 0 Å². The van der Waals surface area contributed by atoms with Gasteiger partial charge >= 0.3 is 0 Å². The van der Waals surface area contributed by atoms with Gasteiger partial charge in [0, 0.05) is 13.1 Å². The summed E-state index contributed by atoms with van der Waals surface area (Å²) in [6, 6.07) is 8.13. The summed E-state index contributed by atoms with van der Waals surface area (Å²) in [5, 5.41) is 0. The van der Waals surface area contributed by atoms with Crippen LogP contribution in [-0.2, 0) is 0 Å². The zero-order valence-electron chi connectivity index (χ0n) is 9.09. The first-order valence-electron chi connectivity index (χ1n) is 4.97. The van der Waals surface area contributed by atoms with Gasteiger partial charge in [-0.25, -0.2) is 0 Å². The van der Waals surface area contributed by atoms with Crippen LogP contribution in [-0.4, -0.2) is 13.1 Å². The Morgan fingerprint density at radius 3 is 2.00 bits per heavy atom. The number of benzene rings is 1. The molecule has 1 fully saturated rings. The standard InChI is InChI=1S/C11H16N2.3ClH/c12-10-6-2-3-7-11(10)13-8-4-1-5-9-13;;;/h2-3,6-7H,1,4-5,8-9,12H2;3*1H. The van der Waals surface area contributed by atoms with Crippen molar-refractivity contribution in [3.05, 3.63) is 24.3 Å². The summed E-state index contributed by atoms with van der Waals surface area (Å²) in [5.74, 6) is 0. The van der Waals surface area contributed by atoms with Crippen molar-refractivity contribution >= 4 is 48.6 Å². The lowest BCUT2D eigenvalue weighted by Crippen LogP contribution is -2.29. The molecule has 94 valence electrons. The Balaban J connectivity index is 0. The van der Waals surface area contributed by atoms with Crippen LogP contribution in [0.5, 0.6) is 0 Å². The normalized spacial score (nSPS) is 14.1. The molecular formula is C11H19Cl3N2. The Kier molecular flexibility index (Phi) is 9.93. The van der Waals surface area contributed by atoms with Crippen molar-refractivity contribution in [3.63, 3.8) is 0 Å². The van der Waals surface area contributed by atoms with E-state index in [1.165, 1.54) is 24.9 Å². The quantitative estimate of drug-likeness (QED) is 0.800. The highest BCUT2D eigenvalue weighted by Crippen LogP contribution is 2.25. The molecule has 0 radical (unpaired) electrons. The number of halogens is 3. The molecule has 2 nitrogen and oxygen atoms in total. The molecule has 2 N–H and O–H groups in total. The zero-order chi connectivity index (χ0) is 9.10. The first kappa shape index (κ1) is 18.1. The van der Waals surface area contributed by atoms with Gasteiger partial charge in [0.05, 0.1) is 11.4 Å². The van der Waals surface area contributed by atoms with Gasteiger partial charge in [-0.15, -0.1) is 37.2 Å². The molecule has 0 unspecified atom stereocenters. The minimum Gasteiger partial charge on any atom is -0.397 e. The van der Waals surface area contributed by atoms with E-state index in [9.17, 15) is 0 Å². The molecule has 0 amide bonds. The Morgan fingerprint density at radius 2 is 1.44 bits per heavy atom. The summed E-state index contributed by atoms with van der Waals surface area (Å²) in [5.41, 5.74) is 8.03. The highest BCUT2D eigenvalue weighted by Gasteiger charge is 2.11. The van der Waals surface area contributed by atoms with E-state index in [1.54, 1.807) is 0 Å². The average molecular weight is 286 g/mol. The summed E-state index contributed by atoms with van der Waals surface area (Å²) in [4.78, 5) is 2.39. The minimum atomic E-state index is 0. The number of piperidine rings is 1. The van der Waals surface area contributed by atoms with Crippen LogP contribution in [0.3, 0.4) is 0 Å². The van der Waals surface area contributed by atoms with Gasteiger partial charge in [0.2, 0.25) is 0 Å². The van der Waals surface area contributed by atoms with Gasteiger partial charge in [0.15, 0.2) is 0 Å². The third kappa shape index (κ3) is 4.28. The lowest BCUT2D eigenvalue weighted by Gasteiger charge is -2.29. The summed E-state index contributed by atoms with van der Waals surface area (Å²) < 4.78 is 0. The van der Waals surface area contributed by atoms with Crippen molar-refractivity contribution in [2.75, 3.05) is 23.7 Å². The molecule has 0 atom stereocenters. The fourth-order valence-corrected chi connectivity index (χ4v) is 1.91. The van der Waals surface area contributed by atoms with Crippen LogP contribution in [0.2, 0.25) is 0 Å². The van der Waals surface area contributed by atoms with Crippen LogP contribution in [0.1, 0.15) is 19.3 Å². The molecule has 1 heterocycles. The second kappa shape index (κ2) is 8.80. The van der Waals surface area contributed by atoms with Gasteiger partial charge in [0.1, 0.15) is 0 Å². The molecule has 0 aliphatic carbocycles. The molecule has 5 heteroatoms. The number of nitrogens with two attached hydrogens (primary N) is 1. The smallest absolute Gasteiger partial charge is 0.0599 e. The van der Waals surface area contributed by atoms with E-state index in [-0.39, 0.29) is 37.2 Å². The molecule has 0 spiro atoms. The van der Waals surface area contributed by atoms with Gasteiger partial charge < -0.3 is 10.6 Å². The molecule has 1 aliphatic rings. The largest absolute Gasteiger partial charge is 0.397 e. The monoisotopic (exact) mass is 284 g/mol. The molecular weight excluding hydrogens is 266 g/mol. The number of hydrogen-bond acceptors (Lipinski definition) is 2. The molecule has 1 aromatic rings. The van der Waals surface area contributed by atoms with E-state index in [0.717, 1.165) is 18.8 Å². The van der Waals surface area contributed by atoms with E-state index in [2.05, 4.69) is 17.0 Å². The lowest BCUT2D eigenvalue weighted by atomic mass is 10.1. The number of para-hydroxylation sites is 2. The Hall–Kier alpha value is -0.310. The summed E-state index contributed by atoms with van der Waals surface area (Å²) in [7, 11) is 0. The average Bonchev–Trinajstić information content (AvgIpc) is 2.20. The second-order valence-corrected chi connectivity index (χ2v) is 3.61. The van der Waals surface area contributed by atoms with Gasteiger partial charge in [0.25, 0.3) is 0 Å². The summed E-state index contributed by atoms with van der Waals surface area (Å²) in [6.45, 7) is 2.32. The first-order chi connectivity index (χ1) is 6.38. The summed E-state index contributed by atoms with van der Waals surface area (Å²) in [6.07, 6.45) is 3.96. The van der Waals surface area contributed by atoms with Crippen molar-refractivity contribution in [2.45, 2.75) is 19.3 Å². The van der Waals surface area contributed by atoms with Crippen molar-refractivity contribution in [1.29, 1.82) is 0 Å². The van der Waals surface area contributed by atoms with E-state index in [1.807, 2.05) is 12.1 Å². The molecule has 1 aromatic carbocycles. The van der Waals surface area contributed by atoms with Crippen LogP contribution >= 0.6 is 37.2 Å². The van der Waals surface area contributed by atoms with Crippen LogP contribution in [0.25, 0.3) is 0 Å². The Morgan fingerprint density at radius 1 is 0.875 bits per heavy atom. The fourth-order valence-electron chi connectivity index (χ4n) is 1.91. The highest BCUT2D eigenvalue weighted by atomic mass is 35.5. The van der Waals surface area contributed by atoms with Crippen molar-refractivity contribution < 1.29 is 0 Å². The number of rotatable bonds is 1. The van der Waals surface area contributed by atoms with Gasteiger partial charge in [-0.3, -0.25) is 0 Å². The lowest BCUT2D eigenvalue weighted by molar-refractivity contribution is 0.578. The van der Waals surface area contributed by atoms with Crippen LogP contribution in [0, 0.1) is 0 Å². The predicted octanol–water partition coefficient (Wildman–Crippen LogP) is 3.52. The number of nitrogens with zero attached hydrogens (tertiary/aromatic N) is 1. The van der Waals surface area contributed by atoms with E-state index >= 15 is 0 Å². The van der Waals surface area contributed by atoms with Crippen LogP contribution < -0.4 is 10.6 Å². The first-order valence-corrected chi connectivity index (χ1v) is 4.97. The minimum absolute atomic E-state index is 0. The zero-order valence-corrected chi connectivity index (χ0v) is 11.5. The maximum atomic E-state index is 5.91.